The van der Waals surface area contributed by atoms with Crippen molar-refractivity contribution in [3.8, 4) is 16.8 Å². The summed E-state index contributed by atoms with van der Waals surface area (Å²) in [6, 6.07) is 11.8. The second kappa shape index (κ2) is 13.0. The Kier molecular flexibility index (Phi) is 9.10. The summed E-state index contributed by atoms with van der Waals surface area (Å²) >= 11 is 6.49. The van der Waals surface area contributed by atoms with E-state index < -0.39 is 53.9 Å². The van der Waals surface area contributed by atoms with Crippen LogP contribution in [0.1, 0.15) is 63.8 Å². The van der Waals surface area contributed by atoms with Crippen molar-refractivity contribution in [2.24, 2.45) is 5.41 Å². The summed E-state index contributed by atoms with van der Waals surface area (Å²) in [5.41, 5.74) is -2.18. The Bertz CT molecular complexity index is 1940. The molecule has 1 aliphatic heterocycles. The normalized spacial score (nSPS) is 19.3. The van der Waals surface area contributed by atoms with Gasteiger partial charge in [0, 0.05) is 24.2 Å². The molecule has 1 aliphatic carbocycles. The van der Waals surface area contributed by atoms with Crippen LogP contribution >= 0.6 is 11.6 Å². The molecular weight excluding hydrogens is 699 g/mol. The molecule has 1 saturated carbocycles. The minimum Gasteiger partial charge on any atom is -0.447 e. The monoisotopic (exact) mass is 732 g/mol. The van der Waals surface area contributed by atoms with Crippen molar-refractivity contribution >= 4 is 29.6 Å². The molecule has 2 aromatic heterocycles. The van der Waals surface area contributed by atoms with Crippen LogP contribution in [0.3, 0.4) is 0 Å². The minimum absolute atomic E-state index is 0.182. The van der Waals surface area contributed by atoms with Gasteiger partial charge in [0.25, 0.3) is 5.91 Å². The maximum Gasteiger partial charge on any atom is 0.411 e. The number of hydrogen-bond donors (Lipinski definition) is 3. The van der Waals surface area contributed by atoms with Crippen LogP contribution in [-0.4, -0.2) is 60.7 Å². The molecule has 11 nitrogen and oxygen atoms in total. The summed E-state index contributed by atoms with van der Waals surface area (Å²) in [6.07, 6.45) is -0.737. The number of aromatic nitrogens is 4. The molecule has 2 atom stereocenters. The first-order valence-electron chi connectivity index (χ1n) is 15.9. The lowest BCUT2D eigenvalue weighted by Crippen LogP contribution is -2.49. The molecule has 0 unspecified atom stereocenters. The number of carbonyl (C=O) groups is 2. The second-order valence-corrected chi connectivity index (χ2v) is 14.2. The maximum absolute atomic E-state index is 14.8. The first-order valence-corrected chi connectivity index (χ1v) is 16.3. The van der Waals surface area contributed by atoms with E-state index in [0.29, 0.717) is 37.6 Å². The first kappa shape index (κ1) is 35.8. The van der Waals surface area contributed by atoms with Gasteiger partial charge in [-0.2, -0.15) is 32.1 Å². The molecule has 2 fully saturated rings. The molecule has 4 aromatic rings. The average Bonchev–Trinajstić information content (AvgIpc) is 3.38. The van der Waals surface area contributed by atoms with Crippen LogP contribution in [0, 0.1) is 10.8 Å². The minimum atomic E-state index is -4.68. The van der Waals surface area contributed by atoms with E-state index in [1.165, 1.54) is 23.3 Å². The Labute approximate surface area is 294 Å². The van der Waals surface area contributed by atoms with E-state index in [0.717, 1.165) is 4.90 Å². The van der Waals surface area contributed by atoms with Crippen molar-refractivity contribution in [2.45, 2.75) is 69.9 Å². The molecule has 1 saturated heterocycles. The van der Waals surface area contributed by atoms with Crippen LogP contribution < -0.4 is 10.6 Å². The quantitative estimate of drug-likeness (QED) is 0.146. The molecule has 3 heterocycles. The molecular formula is C34H34ClF5N8O3. The lowest BCUT2D eigenvalue weighted by Gasteiger charge is -2.35. The van der Waals surface area contributed by atoms with Gasteiger partial charge in [-0.25, -0.2) is 14.2 Å². The fourth-order valence-electron chi connectivity index (χ4n) is 6.31. The van der Waals surface area contributed by atoms with Gasteiger partial charge in [0.2, 0.25) is 0 Å². The highest BCUT2D eigenvalue weighted by molar-refractivity contribution is 6.32. The van der Waals surface area contributed by atoms with Crippen LogP contribution in [0.25, 0.3) is 16.8 Å². The maximum atomic E-state index is 14.8. The lowest BCUT2D eigenvalue weighted by atomic mass is 9.75. The van der Waals surface area contributed by atoms with Gasteiger partial charge in [0.1, 0.15) is 17.7 Å². The topological polar surface area (TPSA) is 130 Å². The number of alkyl halides is 5. The van der Waals surface area contributed by atoms with Gasteiger partial charge in [-0.1, -0.05) is 62.7 Å². The highest BCUT2D eigenvalue weighted by atomic mass is 35.5. The summed E-state index contributed by atoms with van der Waals surface area (Å²) in [5.74, 6) is -0.927. The zero-order chi connectivity index (χ0) is 36.9. The number of carbonyl (C=O) groups excluding carboxylic acids is 2. The smallest absolute Gasteiger partial charge is 0.411 e. The Hall–Kier alpha value is -4.99. The molecule has 0 radical (unpaired) electrons. The number of hydrogen-bond acceptors (Lipinski definition) is 6. The third-order valence-electron chi connectivity index (χ3n) is 8.89. The van der Waals surface area contributed by atoms with E-state index in [-0.39, 0.29) is 25.2 Å². The highest BCUT2D eigenvalue weighted by Crippen LogP contribution is 2.49. The third-order valence-corrected chi connectivity index (χ3v) is 9.21. The Morgan fingerprint density at radius 1 is 1.10 bits per heavy atom. The van der Waals surface area contributed by atoms with Crippen LogP contribution in [0.15, 0.2) is 73.3 Å². The van der Waals surface area contributed by atoms with Gasteiger partial charge < -0.3 is 15.4 Å². The van der Waals surface area contributed by atoms with Crippen LogP contribution in [0.5, 0.6) is 0 Å². The molecule has 17 heteroatoms. The number of nitrogens with one attached hydrogen (secondary N) is 3. The van der Waals surface area contributed by atoms with Crippen LogP contribution in [0.2, 0.25) is 5.02 Å². The first-order chi connectivity index (χ1) is 23.9. The highest BCUT2D eigenvalue weighted by Gasteiger charge is 2.64. The summed E-state index contributed by atoms with van der Waals surface area (Å²) in [7, 11) is 0. The largest absolute Gasteiger partial charge is 0.447 e. The molecule has 51 heavy (non-hydrogen) atoms. The molecule has 2 amide bonds. The zero-order valence-corrected chi connectivity index (χ0v) is 28.4. The van der Waals surface area contributed by atoms with Gasteiger partial charge in [0.15, 0.2) is 5.96 Å². The number of benzene rings is 2. The fraction of sp³-hybridized carbons (Fsp3) is 0.382. The molecule has 0 spiro atoms. The number of nitrogens with zero attached hydrogens (tertiary/aromatic N) is 5. The standard InChI is InChI=1S/C34H34ClF5N8O3/c1-31(2,3)19-33(23-8-5-20(6-9-23)22-16-43-47(17-22)28(36)37)27(49)48(29(41)44-33)26(18-51-30(50)45-32(11-12-32)34(38,39)40)21-7-10-24(35)25(15-21)46-14-4-13-42-46/h4-10,13-17,26,28H,11-12,18-19H2,1-3H3,(H2,41,44)(H,45,50)/t26-,33-/m1/s1. The molecule has 2 aliphatic rings. The van der Waals surface area contributed by atoms with E-state index in [1.54, 1.807) is 54.7 Å². The number of amides is 2. The summed E-state index contributed by atoms with van der Waals surface area (Å²) < 4.78 is 74.5. The summed E-state index contributed by atoms with van der Waals surface area (Å²) in [4.78, 5) is 28.8. The van der Waals surface area contributed by atoms with Crippen molar-refractivity contribution in [3.63, 3.8) is 0 Å². The summed E-state index contributed by atoms with van der Waals surface area (Å²) in [6.45, 7) is 2.31. The zero-order valence-electron chi connectivity index (χ0n) is 27.6. The number of alkyl carbamates (subject to hydrolysis) is 1. The van der Waals surface area contributed by atoms with E-state index in [4.69, 9.17) is 21.7 Å². The lowest BCUT2D eigenvalue weighted by molar-refractivity contribution is -0.164. The van der Waals surface area contributed by atoms with Crippen molar-refractivity contribution in [1.82, 2.24) is 35.1 Å². The van der Waals surface area contributed by atoms with Crippen molar-refractivity contribution in [2.75, 3.05) is 6.61 Å². The van der Waals surface area contributed by atoms with Crippen molar-refractivity contribution in [1.29, 1.82) is 5.41 Å². The van der Waals surface area contributed by atoms with Crippen LogP contribution in [-0.2, 0) is 15.1 Å². The second-order valence-electron chi connectivity index (χ2n) is 13.8. The number of guanidine groups is 1. The molecule has 2 aromatic carbocycles. The molecule has 0 bridgehead atoms. The molecule has 6 rings (SSSR count). The van der Waals surface area contributed by atoms with Gasteiger partial charge in [-0.3, -0.25) is 15.1 Å². The number of halogens is 6. The van der Waals surface area contributed by atoms with E-state index >= 15 is 0 Å². The Morgan fingerprint density at radius 3 is 2.37 bits per heavy atom. The number of rotatable bonds is 10. The van der Waals surface area contributed by atoms with Crippen molar-refractivity contribution in [3.05, 3.63) is 89.5 Å². The molecule has 270 valence electrons. The van der Waals surface area contributed by atoms with E-state index in [9.17, 15) is 31.5 Å². The summed E-state index contributed by atoms with van der Waals surface area (Å²) in [5, 5.41) is 22.3. The van der Waals surface area contributed by atoms with Crippen molar-refractivity contribution < 1.29 is 36.3 Å². The predicted molar refractivity (Wildman–Crippen MR) is 176 cm³/mol. The third kappa shape index (κ3) is 7.01. The average molecular weight is 733 g/mol. The molecule has 3 N–H and O–H groups in total. The van der Waals surface area contributed by atoms with Crippen LogP contribution in [0.4, 0.5) is 26.7 Å². The van der Waals surface area contributed by atoms with Gasteiger partial charge in [-0.15, -0.1) is 0 Å². The predicted octanol–water partition coefficient (Wildman–Crippen LogP) is 7.34. The fourth-order valence-corrected chi connectivity index (χ4v) is 6.51. The van der Waals surface area contributed by atoms with E-state index in [2.05, 4.69) is 15.5 Å². The SMILES string of the molecule is CC(C)(C)C[C@]1(c2ccc(-c3cnn(C(F)F)c3)cc2)NC(=N)N([C@H](COC(=O)NC2(C(F)(F)F)CC2)c2ccc(Cl)c(-n3cccn3)c2)C1=O. The Morgan fingerprint density at radius 2 is 1.80 bits per heavy atom. The van der Waals surface area contributed by atoms with Gasteiger partial charge >= 0.3 is 18.8 Å². The van der Waals surface area contributed by atoms with E-state index in [1.807, 2.05) is 26.1 Å². The Balaban J connectivity index is 1.37. The number of ether oxygens (including phenoxy) is 1. The van der Waals surface area contributed by atoms with Gasteiger partial charge in [0.05, 0.1) is 22.9 Å². The van der Waals surface area contributed by atoms with Gasteiger partial charge in [-0.05, 0) is 59.6 Å².